The molecule has 2 unspecified atom stereocenters. The van der Waals surface area contributed by atoms with E-state index in [4.69, 9.17) is 4.74 Å². The average molecular weight is 284 g/mol. The van der Waals surface area contributed by atoms with Crippen LogP contribution in [0, 0.1) is 5.41 Å². The van der Waals surface area contributed by atoms with Crippen molar-refractivity contribution in [2.75, 3.05) is 13.2 Å². The fourth-order valence-corrected chi connectivity index (χ4v) is 3.14. The lowest BCUT2D eigenvalue weighted by molar-refractivity contribution is -0.172. The van der Waals surface area contributed by atoms with Crippen molar-refractivity contribution >= 4 is 17.2 Å². The first-order chi connectivity index (χ1) is 8.97. The molecule has 1 aromatic rings. The summed E-state index contributed by atoms with van der Waals surface area (Å²) >= 11 is 1.38. The Kier molecular flexibility index (Phi) is 3.94. The smallest absolute Gasteiger partial charge is 0.271 e. The summed E-state index contributed by atoms with van der Waals surface area (Å²) < 4.78 is 5.65. The second-order valence-corrected chi connectivity index (χ2v) is 6.16. The lowest BCUT2D eigenvalue weighted by Gasteiger charge is -2.60. The molecule has 106 valence electrons. The van der Waals surface area contributed by atoms with Crippen LogP contribution < -0.4 is 5.32 Å². The number of nitrogens with one attached hydrogen (secondary N) is 1. The van der Waals surface area contributed by atoms with E-state index in [0.717, 1.165) is 0 Å². The van der Waals surface area contributed by atoms with Gasteiger partial charge in [-0.05, 0) is 6.92 Å². The summed E-state index contributed by atoms with van der Waals surface area (Å²) in [5.74, 6) is -0.238. The SMILES string of the molecule is CCOC1CC(CO)(NC(=O)c2cscn2)C1(C)C. The van der Waals surface area contributed by atoms with E-state index >= 15 is 0 Å². The molecule has 2 atom stereocenters. The summed E-state index contributed by atoms with van der Waals surface area (Å²) in [5, 5.41) is 14.4. The fraction of sp³-hybridized carbons (Fsp3) is 0.692. The van der Waals surface area contributed by atoms with E-state index in [9.17, 15) is 9.90 Å². The van der Waals surface area contributed by atoms with Gasteiger partial charge in [0.2, 0.25) is 0 Å². The molecule has 19 heavy (non-hydrogen) atoms. The molecule has 0 aliphatic heterocycles. The maximum atomic E-state index is 12.1. The number of carbonyl (C=O) groups excluding carboxylic acids is 1. The predicted molar refractivity (Wildman–Crippen MR) is 73.2 cm³/mol. The van der Waals surface area contributed by atoms with Crippen molar-refractivity contribution in [1.82, 2.24) is 10.3 Å². The zero-order valence-corrected chi connectivity index (χ0v) is 12.3. The number of aliphatic hydroxyl groups is 1. The first-order valence-corrected chi connectivity index (χ1v) is 7.34. The molecule has 0 radical (unpaired) electrons. The number of nitrogens with zero attached hydrogens (tertiary/aromatic N) is 1. The van der Waals surface area contributed by atoms with Crippen LogP contribution in [0.3, 0.4) is 0 Å². The molecule has 0 saturated heterocycles. The zero-order valence-electron chi connectivity index (χ0n) is 11.5. The largest absolute Gasteiger partial charge is 0.394 e. The third-order valence-corrected chi connectivity index (χ3v) is 4.81. The van der Waals surface area contributed by atoms with Crippen LogP contribution in [0.4, 0.5) is 0 Å². The number of carbonyl (C=O) groups is 1. The molecule has 2 N–H and O–H groups in total. The van der Waals surface area contributed by atoms with Gasteiger partial charge in [0.05, 0.1) is 23.8 Å². The molecular weight excluding hydrogens is 264 g/mol. The molecule has 1 amide bonds. The maximum Gasteiger partial charge on any atom is 0.271 e. The van der Waals surface area contributed by atoms with Crippen molar-refractivity contribution in [2.45, 2.75) is 38.8 Å². The molecule has 0 spiro atoms. The van der Waals surface area contributed by atoms with Gasteiger partial charge in [-0.2, -0.15) is 0 Å². The van der Waals surface area contributed by atoms with Crippen molar-refractivity contribution in [3.05, 3.63) is 16.6 Å². The van der Waals surface area contributed by atoms with Crippen LogP contribution in [0.2, 0.25) is 0 Å². The van der Waals surface area contributed by atoms with E-state index in [1.807, 2.05) is 20.8 Å². The average Bonchev–Trinajstić information content (AvgIpc) is 2.90. The summed E-state index contributed by atoms with van der Waals surface area (Å²) in [6.45, 7) is 6.50. The van der Waals surface area contributed by atoms with Gasteiger partial charge < -0.3 is 15.2 Å². The molecule has 1 fully saturated rings. The third-order valence-electron chi connectivity index (χ3n) is 4.23. The van der Waals surface area contributed by atoms with E-state index in [-0.39, 0.29) is 24.0 Å². The van der Waals surface area contributed by atoms with Crippen molar-refractivity contribution in [3.8, 4) is 0 Å². The summed E-state index contributed by atoms with van der Waals surface area (Å²) in [6, 6.07) is 0. The van der Waals surface area contributed by atoms with Crippen molar-refractivity contribution in [2.24, 2.45) is 5.41 Å². The number of aromatic nitrogens is 1. The number of hydrogen-bond acceptors (Lipinski definition) is 5. The standard InChI is InChI=1S/C13H20N2O3S/c1-4-18-10-5-13(7-16,12(10,2)3)15-11(17)9-6-19-8-14-9/h6,8,10,16H,4-5,7H2,1-3H3,(H,15,17). The monoisotopic (exact) mass is 284 g/mol. The molecular formula is C13H20N2O3S. The van der Waals surface area contributed by atoms with E-state index in [1.54, 1.807) is 10.9 Å². The Hall–Kier alpha value is -0.980. The lowest BCUT2D eigenvalue weighted by Crippen LogP contribution is -2.74. The Morgan fingerprint density at radius 1 is 1.68 bits per heavy atom. The van der Waals surface area contributed by atoms with Gasteiger partial charge in [0.25, 0.3) is 5.91 Å². The quantitative estimate of drug-likeness (QED) is 0.858. The van der Waals surface area contributed by atoms with E-state index in [2.05, 4.69) is 10.3 Å². The van der Waals surface area contributed by atoms with Crippen LogP contribution in [0.5, 0.6) is 0 Å². The van der Waals surface area contributed by atoms with Gasteiger partial charge in [-0.3, -0.25) is 4.79 Å². The Morgan fingerprint density at radius 2 is 2.42 bits per heavy atom. The second kappa shape index (κ2) is 5.19. The molecule has 1 heterocycles. The highest BCUT2D eigenvalue weighted by Crippen LogP contribution is 2.51. The number of amides is 1. The highest BCUT2D eigenvalue weighted by Gasteiger charge is 2.61. The Bertz CT molecular complexity index is 447. The Balaban J connectivity index is 2.11. The van der Waals surface area contributed by atoms with Crippen LogP contribution >= 0.6 is 11.3 Å². The minimum absolute atomic E-state index is 0.0559. The predicted octanol–water partition coefficient (Wildman–Crippen LogP) is 1.44. The maximum absolute atomic E-state index is 12.1. The number of ether oxygens (including phenoxy) is 1. The summed E-state index contributed by atoms with van der Waals surface area (Å²) in [5.41, 5.74) is 1.08. The van der Waals surface area contributed by atoms with Gasteiger partial charge in [0, 0.05) is 23.8 Å². The Labute approximate surface area is 117 Å². The van der Waals surface area contributed by atoms with Gasteiger partial charge in [-0.1, -0.05) is 13.8 Å². The van der Waals surface area contributed by atoms with E-state index in [0.29, 0.717) is 18.7 Å². The number of aliphatic hydroxyl groups excluding tert-OH is 1. The molecule has 0 bridgehead atoms. The van der Waals surface area contributed by atoms with Crippen LogP contribution in [0.15, 0.2) is 10.9 Å². The molecule has 0 aromatic carbocycles. The van der Waals surface area contributed by atoms with Crippen molar-refractivity contribution in [3.63, 3.8) is 0 Å². The van der Waals surface area contributed by atoms with Crippen molar-refractivity contribution in [1.29, 1.82) is 0 Å². The molecule has 1 aliphatic rings. The summed E-state index contributed by atoms with van der Waals surface area (Å²) in [6.07, 6.45) is 0.681. The number of rotatable bonds is 5. The molecule has 1 aliphatic carbocycles. The molecule has 1 saturated carbocycles. The van der Waals surface area contributed by atoms with Crippen LogP contribution in [-0.4, -0.2) is 40.9 Å². The topological polar surface area (TPSA) is 71.5 Å². The fourth-order valence-electron chi connectivity index (χ4n) is 2.61. The van der Waals surface area contributed by atoms with Crippen LogP contribution in [-0.2, 0) is 4.74 Å². The molecule has 6 heteroatoms. The number of thiazole rings is 1. The van der Waals surface area contributed by atoms with Crippen LogP contribution in [0.25, 0.3) is 0 Å². The second-order valence-electron chi connectivity index (χ2n) is 5.44. The summed E-state index contributed by atoms with van der Waals surface area (Å²) in [7, 11) is 0. The minimum Gasteiger partial charge on any atom is -0.394 e. The first kappa shape index (κ1) is 14.4. The van der Waals surface area contributed by atoms with Gasteiger partial charge in [-0.25, -0.2) is 4.98 Å². The molecule has 1 aromatic heterocycles. The van der Waals surface area contributed by atoms with Crippen LogP contribution in [0.1, 0.15) is 37.7 Å². The van der Waals surface area contributed by atoms with Gasteiger partial charge in [0.1, 0.15) is 5.69 Å². The minimum atomic E-state index is -0.631. The van der Waals surface area contributed by atoms with E-state index < -0.39 is 5.54 Å². The highest BCUT2D eigenvalue weighted by atomic mass is 32.1. The Morgan fingerprint density at radius 3 is 2.89 bits per heavy atom. The van der Waals surface area contributed by atoms with Gasteiger partial charge in [0.15, 0.2) is 0 Å². The lowest BCUT2D eigenvalue weighted by atomic mass is 9.54. The summed E-state index contributed by atoms with van der Waals surface area (Å²) in [4.78, 5) is 16.1. The number of hydrogen-bond donors (Lipinski definition) is 2. The normalized spacial score (nSPS) is 28.7. The molecule has 2 rings (SSSR count). The highest BCUT2D eigenvalue weighted by molar-refractivity contribution is 7.07. The third kappa shape index (κ3) is 2.28. The first-order valence-electron chi connectivity index (χ1n) is 6.40. The van der Waals surface area contributed by atoms with E-state index in [1.165, 1.54) is 11.3 Å². The molecule has 5 nitrogen and oxygen atoms in total. The van der Waals surface area contributed by atoms with Gasteiger partial charge >= 0.3 is 0 Å². The zero-order chi connectivity index (χ0) is 14.1. The van der Waals surface area contributed by atoms with Crippen molar-refractivity contribution < 1.29 is 14.6 Å². The van der Waals surface area contributed by atoms with Gasteiger partial charge in [-0.15, -0.1) is 11.3 Å².